The fourth-order valence-corrected chi connectivity index (χ4v) is 2.55. The lowest BCUT2D eigenvalue weighted by atomic mass is 9.89. The first kappa shape index (κ1) is 17.5. The molecule has 0 unspecified atom stereocenters. The fourth-order valence-electron chi connectivity index (χ4n) is 1.98. The first-order chi connectivity index (χ1) is 9.76. The number of halogens is 1. The van der Waals surface area contributed by atoms with Crippen molar-refractivity contribution in [1.29, 1.82) is 5.26 Å². The van der Waals surface area contributed by atoms with Crippen LogP contribution in [0.25, 0.3) is 0 Å². The maximum absolute atomic E-state index is 11.2. The third kappa shape index (κ3) is 5.39. The Morgan fingerprint density at radius 1 is 1.43 bits per heavy atom. The Kier molecular flexibility index (Phi) is 6.22. The number of nitriles is 1. The van der Waals surface area contributed by atoms with E-state index in [-0.39, 0.29) is 11.0 Å². The minimum Gasteiger partial charge on any atom is -0.492 e. The van der Waals surface area contributed by atoms with Gasteiger partial charge in [0.2, 0.25) is 0 Å². The molecule has 0 aliphatic heterocycles. The van der Waals surface area contributed by atoms with Gasteiger partial charge in [0.05, 0.1) is 18.1 Å². The molecular formula is C16H20BrNO3. The molecule has 0 saturated carbocycles. The molecule has 21 heavy (non-hydrogen) atoms. The zero-order valence-electron chi connectivity index (χ0n) is 12.6. The minimum atomic E-state index is -1.000. The second kappa shape index (κ2) is 7.46. The Labute approximate surface area is 133 Å². The van der Waals surface area contributed by atoms with Crippen molar-refractivity contribution in [2.24, 2.45) is 5.41 Å². The molecule has 1 rings (SSSR count). The molecule has 114 valence electrons. The van der Waals surface area contributed by atoms with Crippen LogP contribution in [0.15, 0.2) is 16.6 Å². The van der Waals surface area contributed by atoms with Crippen LogP contribution >= 0.6 is 15.9 Å². The monoisotopic (exact) mass is 353 g/mol. The van der Waals surface area contributed by atoms with Gasteiger partial charge in [-0.05, 0) is 57.7 Å². The number of benzene rings is 1. The molecule has 0 amide bonds. The van der Waals surface area contributed by atoms with Crippen LogP contribution in [0.5, 0.6) is 5.75 Å². The SMILES string of the molecule is Cc1cc(Br)cc(C(=O)O)c1OCCCCC(C)(C)C#N. The Morgan fingerprint density at radius 3 is 2.67 bits per heavy atom. The van der Waals surface area contributed by atoms with E-state index in [0.29, 0.717) is 12.4 Å². The summed E-state index contributed by atoms with van der Waals surface area (Å²) in [6.07, 6.45) is 2.47. The number of rotatable bonds is 7. The number of aromatic carboxylic acids is 1. The Balaban J connectivity index is 2.61. The van der Waals surface area contributed by atoms with Crippen LogP contribution in [-0.4, -0.2) is 17.7 Å². The largest absolute Gasteiger partial charge is 0.492 e. The van der Waals surface area contributed by atoms with E-state index in [4.69, 9.17) is 10.00 Å². The van der Waals surface area contributed by atoms with Crippen molar-refractivity contribution in [3.05, 3.63) is 27.7 Å². The molecule has 0 fully saturated rings. The molecule has 1 aromatic carbocycles. The Morgan fingerprint density at radius 2 is 2.10 bits per heavy atom. The minimum absolute atomic E-state index is 0.166. The smallest absolute Gasteiger partial charge is 0.339 e. The average molecular weight is 354 g/mol. The molecule has 0 bridgehead atoms. The molecule has 0 atom stereocenters. The molecule has 0 radical (unpaired) electrons. The van der Waals surface area contributed by atoms with Gasteiger partial charge in [-0.15, -0.1) is 0 Å². The van der Waals surface area contributed by atoms with E-state index in [1.807, 2.05) is 26.8 Å². The van der Waals surface area contributed by atoms with E-state index in [1.165, 1.54) is 0 Å². The molecule has 0 saturated heterocycles. The number of carbonyl (C=O) groups is 1. The van der Waals surface area contributed by atoms with Gasteiger partial charge in [-0.25, -0.2) is 4.79 Å². The summed E-state index contributed by atoms with van der Waals surface area (Å²) in [6.45, 7) is 6.10. The summed E-state index contributed by atoms with van der Waals surface area (Å²) in [5.41, 5.74) is 0.637. The maximum atomic E-state index is 11.2. The summed E-state index contributed by atoms with van der Waals surface area (Å²) >= 11 is 3.29. The highest BCUT2D eigenvalue weighted by Crippen LogP contribution is 2.28. The van der Waals surface area contributed by atoms with Gasteiger partial charge in [0.25, 0.3) is 0 Å². The zero-order chi connectivity index (χ0) is 16.0. The van der Waals surface area contributed by atoms with Crippen LogP contribution in [0, 0.1) is 23.7 Å². The number of aryl methyl sites for hydroxylation is 1. The zero-order valence-corrected chi connectivity index (χ0v) is 14.2. The number of unbranched alkanes of at least 4 members (excludes halogenated alkanes) is 1. The molecule has 0 aliphatic carbocycles. The summed E-state index contributed by atoms with van der Waals surface area (Å²) in [7, 11) is 0. The van der Waals surface area contributed by atoms with Crippen molar-refractivity contribution < 1.29 is 14.6 Å². The predicted molar refractivity (Wildman–Crippen MR) is 84.6 cm³/mol. The van der Waals surface area contributed by atoms with Crippen LogP contribution in [0.1, 0.15) is 49.0 Å². The lowest BCUT2D eigenvalue weighted by Gasteiger charge is -2.15. The van der Waals surface area contributed by atoms with E-state index < -0.39 is 5.97 Å². The highest BCUT2D eigenvalue weighted by atomic mass is 79.9. The van der Waals surface area contributed by atoms with Gasteiger partial charge in [-0.2, -0.15) is 5.26 Å². The molecule has 0 spiro atoms. The molecule has 1 aromatic rings. The standard InChI is InChI=1S/C16H20BrNO3/c1-11-8-12(17)9-13(15(19)20)14(11)21-7-5-4-6-16(2,3)10-18/h8-9H,4-7H2,1-3H3,(H,19,20). The topological polar surface area (TPSA) is 70.3 Å². The fraction of sp³-hybridized carbons (Fsp3) is 0.500. The second-order valence-corrected chi connectivity index (χ2v) is 6.62. The lowest BCUT2D eigenvalue weighted by molar-refractivity contribution is 0.0692. The van der Waals surface area contributed by atoms with Gasteiger partial charge in [0.1, 0.15) is 11.3 Å². The summed E-state index contributed by atoms with van der Waals surface area (Å²) in [5, 5.41) is 18.2. The normalized spacial score (nSPS) is 11.0. The van der Waals surface area contributed by atoms with Crippen LogP contribution < -0.4 is 4.74 Å². The summed E-state index contributed by atoms with van der Waals surface area (Å²) in [5.74, 6) is -0.578. The maximum Gasteiger partial charge on any atom is 0.339 e. The Hall–Kier alpha value is -1.54. The highest BCUT2D eigenvalue weighted by molar-refractivity contribution is 9.10. The molecule has 1 N–H and O–H groups in total. The summed E-state index contributed by atoms with van der Waals surface area (Å²) in [6, 6.07) is 5.64. The van der Waals surface area contributed by atoms with Gasteiger partial charge in [-0.3, -0.25) is 0 Å². The number of hydrogen-bond acceptors (Lipinski definition) is 3. The molecule has 5 heteroatoms. The molecular weight excluding hydrogens is 334 g/mol. The van der Waals surface area contributed by atoms with Gasteiger partial charge in [0.15, 0.2) is 0 Å². The summed E-state index contributed by atoms with van der Waals surface area (Å²) in [4.78, 5) is 11.2. The third-order valence-corrected chi connectivity index (χ3v) is 3.67. The predicted octanol–water partition coefficient (Wildman–Crippen LogP) is 4.55. The molecule has 0 aromatic heterocycles. The lowest BCUT2D eigenvalue weighted by Crippen LogP contribution is -2.09. The van der Waals surface area contributed by atoms with Crippen molar-refractivity contribution in [2.45, 2.75) is 40.0 Å². The van der Waals surface area contributed by atoms with Gasteiger partial charge in [0, 0.05) is 4.47 Å². The third-order valence-electron chi connectivity index (χ3n) is 3.21. The first-order valence-electron chi connectivity index (χ1n) is 6.84. The van der Waals surface area contributed by atoms with E-state index >= 15 is 0 Å². The van der Waals surface area contributed by atoms with Gasteiger partial charge < -0.3 is 9.84 Å². The number of ether oxygens (including phenoxy) is 1. The van der Waals surface area contributed by atoms with Crippen molar-refractivity contribution in [2.75, 3.05) is 6.61 Å². The van der Waals surface area contributed by atoms with E-state index in [9.17, 15) is 9.90 Å². The number of nitrogens with zero attached hydrogens (tertiary/aromatic N) is 1. The van der Waals surface area contributed by atoms with E-state index in [2.05, 4.69) is 22.0 Å². The second-order valence-electron chi connectivity index (χ2n) is 5.71. The first-order valence-corrected chi connectivity index (χ1v) is 7.63. The van der Waals surface area contributed by atoms with Gasteiger partial charge in [-0.1, -0.05) is 15.9 Å². The van der Waals surface area contributed by atoms with Crippen molar-refractivity contribution in [1.82, 2.24) is 0 Å². The molecule has 0 aliphatic rings. The van der Waals surface area contributed by atoms with Crippen LogP contribution in [-0.2, 0) is 0 Å². The van der Waals surface area contributed by atoms with Gasteiger partial charge >= 0.3 is 5.97 Å². The number of carboxylic acids is 1. The van der Waals surface area contributed by atoms with Crippen LogP contribution in [0.4, 0.5) is 0 Å². The molecule has 0 heterocycles. The quantitative estimate of drug-likeness (QED) is 0.729. The van der Waals surface area contributed by atoms with Crippen molar-refractivity contribution in [3.63, 3.8) is 0 Å². The van der Waals surface area contributed by atoms with Crippen molar-refractivity contribution >= 4 is 21.9 Å². The highest BCUT2D eigenvalue weighted by Gasteiger charge is 2.17. The number of hydrogen-bond donors (Lipinski definition) is 1. The van der Waals surface area contributed by atoms with Crippen LogP contribution in [0.3, 0.4) is 0 Å². The number of carboxylic acid groups (broad SMARTS) is 1. The van der Waals surface area contributed by atoms with Crippen LogP contribution in [0.2, 0.25) is 0 Å². The van der Waals surface area contributed by atoms with E-state index in [1.54, 1.807) is 6.07 Å². The Bertz CT molecular complexity index is 561. The average Bonchev–Trinajstić information content (AvgIpc) is 2.39. The summed E-state index contributed by atoms with van der Waals surface area (Å²) < 4.78 is 6.37. The van der Waals surface area contributed by atoms with Crippen molar-refractivity contribution in [3.8, 4) is 11.8 Å². The van der Waals surface area contributed by atoms with E-state index in [0.717, 1.165) is 29.3 Å². The molecule has 4 nitrogen and oxygen atoms in total.